The first-order chi connectivity index (χ1) is 14.3. The molecule has 1 fully saturated rings. The van der Waals surface area contributed by atoms with Gasteiger partial charge in [0.15, 0.2) is 0 Å². The van der Waals surface area contributed by atoms with Gasteiger partial charge in [-0.05, 0) is 42.3 Å². The van der Waals surface area contributed by atoms with Crippen LogP contribution in [-0.4, -0.2) is 36.4 Å². The number of nitrogens with zero attached hydrogens (tertiary/aromatic N) is 2. The molecular weight excluding hydrogens is 397 g/mol. The molecule has 0 aliphatic carbocycles. The molecule has 0 radical (unpaired) electrons. The largest absolute Gasteiger partial charge is 0.419 e. The van der Waals surface area contributed by atoms with Crippen LogP contribution in [-0.2, 0) is 15.8 Å². The molecule has 30 heavy (non-hydrogen) atoms. The first-order valence-corrected chi connectivity index (χ1v) is 9.47. The van der Waals surface area contributed by atoms with Gasteiger partial charge in [0.25, 0.3) is 0 Å². The van der Waals surface area contributed by atoms with Crippen molar-refractivity contribution >= 4 is 29.4 Å². The highest BCUT2D eigenvalue weighted by molar-refractivity contribution is 5.95. The molecule has 0 bridgehead atoms. The zero-order valence-electron chi connectivity index (χ0n) is 16.1. The van der Waals surface area contributed by atoms with Crippen LogP contribution in [0, 0.1) is 0 Å². The Morgan fingerprint density at radius 2 is 1.93 bits per heavy atom. The lowest BCUT2D eigenvalue weighted by Crippen LogP contribution is -2.27. The van der Waals surface area contributed by atoms with E-state index in [0.717, 1.165) is 23.7 Å². The van der Waals surface area contributed by atoms with Crippen LogP contribution in [0.25, 0.3) is 6.08 Å². The zero-order chi connectivity index (χ0) is 21.6. The molecule has 1 saturated heterocycles. The van der Waals surface area contributed by atoms with E-state index in [-0.39, 0.29) is 30.7 Å². The molecule has 1 aromatic heterocycles. The molecule has 0 spiro atoms. The van der Waals surface area contributed by atoms with E-state index in [2.05, 4.69) is 15.6 Å². The van der Waals surface area contributed by atoms with Crippen molar-refractivity contribution in [2.45, 2.75) is 19.0 Å². The van der Waals surface area contributed by atoms with Gasteiger partial charge in [0.2, 0.25) is 11.8 Å². The molecule has 1 aliphatic rings. The lowest BCUT2D eigenvalue weighted by atomic mass is 10.2. The molecule has 2 N–H and O–H groups in total. The van der Waals surface area contributed by atoms with Gasteiger partial charge in [-0.15, -0.1) is 0 Å². The smallest absolute Gasteiger partial charge is 0.368 e. The minimum atomic E-state index is -4.50. The van der Waals surface area contributed by atoms with Crippen LogP contribution in [0.3, 0.4) is 0 Å². The lowest BCUT2D eigenvalue weighted by Gasteiger charge is -2.15. The van der Waals surface area contributed by atoms with Crippen molar-refractivity contribution in [2.75, 3.05) is 29.9 Å². The first kappa shape index (κ1) is 21.4. The van der Waals surface area contributed by atoms with Gasteiger partial charge in [0.05, 0.1) is 5.56 Å². The Kier molecular flexibility index (Phi) is 6.71. The summed E-state index contributed by atoms with van der Waals surface area (Å²) in [4.78, 5) is 29.1. The Bertz CT molecular complexity index is 927. The van der Waals surface area contributed by atoms with Gasteiger partial charge >= 0.3 is 6.18 Å². The van der Waals surface area contributed by atoms with E-state index in [1.807, 2.05) is 24.3 Å². The van der Waals surface area contributed by atoms with E-state index in [0.29, 0.717) is 13.0 Å². The Balaban J connectivity index is 1.45. The summed E-state index contributed by atoms with van der Waals surface area (Å²) in [7, 11) is 0. The van der Waals surface area contributed by atoms with Gasteiger partial charge < -0.3 is 15.5 Å². The fourth-order valence-electron chi connectivity index (χ4n) is 3.06. The van der Waals surface area contributed by atoms with E-state index in [4.69, 9.17) is 0 Å². The maximum absolute atomic E-state index is 12.9. The standard InChI is InChI=1S/C21H21F3N4O2/c22-21(23,24)17-3-1-11-26-20(17)27-13-12-25-18(29)10-7-15-5-8-16(9-6-15)28-14-2-4-19(28)30/h1,3,5-11H,2,4,12-14H2,(H,25,29)(H,26,27). The molecule has 1 aliphatic heterocycles. The van der Waals surface area contributed by atoms with Crippen molar-refractivity contribution < 1.29 is 22.8 Å². The van der Waals surface area contributed by atoms with Crippen LogP contribution in [0.2, 0.25) is 0 Å². The fourth-order valence-corrected chi connectivity index (χ4v) is 3.06. The van der Waals surface area contributed by atoms with E-state index in [1.54, 1.807) is 11.0 Å². The predicted octanol–water partition coefficient (Wildman–Crippen LogP) is 3.47. The van der Waals surface area contributed by atoms with E-state index >= 15 is 0 Å². The summed E-state index contributed by atoms with van der Waals surface area (Å²) in [6.07, 6.45) is 1.16. The number of pyridine rings is 1. The van der Waals surface area contributed by atoms with Crippen molar-refractivity contribution in [3.63, 3.8) is 0 Å². The molecule has 2 amide bonds. The number of amides is 2. The number of carbonyl (C=O) groups is 2. The Morgan fingerprint density at radius 3 is 2.60 bits per heavy atom. The first-order valence-electron chi connectivity index (χ1n) is 9.47. The third kappa shape index (κ3) is 5.59. The van der Waals surface area contributed by atoms with Gasteiger partial charge in [-0.1, -0.05) is 12.1 Å². The molecular formula is C21H21F3N4O2. The number of alkyl halides is 3. The highest BCUT2D eigenvalue weighted by atomic mass is 19.4. The fraction of sp³-hybridized carbons (Fsp3) is 0.286. The van der Waals surface area contributed by atoms with Crippen LogP contribution in [0.4, 0.5) is 24.7 Å². The number of anilines is 2. The number of halogens is 3. The zero-order valence-corrected chi connectivity index (χ0v) is 16.1. The number of nitrogens with one attached hydrogen (secondary N) is 2. The second-order valence-corrected chi connectivity index (χ2v) is 6.69. The molecule has 0 unspecified atom stereocenters. The number of aromatic nitrogens is 1. The lowest BCUT2D eigenvalue weighted by molar-refractivity contribution is -0.137. The number of benzene rings is 1. The molecule has 3 rings (SSSR count). The molecule has 0 saturated carbocycles. The minimum Gasteiger partial charge on any atom is -0.368 e. The quantitative estimate of drug-likeness (QED) is 0.534. The maximum Gasteiger partial charge on any atom is 0.419 e. The van der Waals surface area contributed by atoms with Crippen LogP contribution in [0.5, 0.6) is 0 Å². The number of rotatable bonds is 7. The molecule has 0 atom stereocenters. The van der Waals surface area contributed by atoms with Crippen molar-refractivity contribution in [3.8, 4) is 0 Å². The summed E-state index contributed by atoms with van der Waals surface area (Å²) in [6, 6.07) is 9.45. The topological polar surface area (TPSA) is 74.3 Å². The summed E-state index contributed by atoms with van der Waals surface area (Å²) in [5.41, 5.74) is 0.773. The second kappa shape index (κ2) is 9.43. The number of hydrogen-bond donors (Lipinski definition) is 2. The van der Waals surface area contributed by atoms with Gasteiger partial charge in [-0.3, -0.25) is 9.59 Å². The van der Waals surface area contributed by atoms with Crippen LogP contribution < -0.4 is 15.5 Å². The Labute approximate surface area is 171 Å². The normalized spacial score (nSPS) is 14.4. The van der Waals surface area contributed by atoms with Gasteiger partial charge in [-0.2, -0.15) is 13.2 Å². The average Bonchev–Trinajstić information content (AvgIpc) is 3.15. The Morgan fingerprint density at radius 1 is 1.17 bits per heavy atom. The van der Waals surface area contributed by atoms with Crippen molar-refractivity contribution in [2.24, 2.45) is 0 Å². The number of hydrogen-bond acceptors (Lipinski definition) is 4. The van der Waals surface area contributed by atoms with E-state index < -0.39 is 11.7 Å². The summed E-state index contributed by atoms with van der Waals surface area (Å²) in [6.45, 7) is 0.943. The molecule has 158 valence electrons. The third-order valence-corrected chi connectivity index (χ3v) is 4.54. The highest BCUT2D eigenvalue weighted by Crippen LogP contribution is 2.33. The third-order valence-electron chi connectivity index (χ3n) is 4.54. The Hall–Kier alpha value is -3.36. The van der Waals surface area contributed by atoms with Gasteiger partial charge in [0, 0.05) is 44.0 Å². The number of carbonyl (C=O) groups excluding carboxylic acids is 2. The van der Waals surface area contributed by atoms with Crippen molar-refractivity contribution in [3.05, 3.63) is 59.8 Å². The molecule has 2 aromatic rings. The maximum atomic E-state index is 12.9. The van der Waals surface area contributed by atoms with Crippen LogP contribution in [0.15, 0.2) is 48.7 Å². The summed E-state index contributed by atoms with van der Waals surface area (Å²) in [5, 5.41) is 5.18. The van der Waals surface area contributed by atoms with Gasteiger partial charge in [-0.25, -0.2) is 4.98 Å². The second-order valence-electron chi connectivity index (χ2n) is 6.69. The molecule has 9 heteroatoms. The molecule has 1 aromatic carbocycles. The van der Waals surface area contributed by atoms with E-state index in [9.17, 15) is 22.8 Å². The molecule has 2 heterocycles. The predicted molar refractivity (Wildman–Crippen MR) is 108 cm³/mol. The van der Waals surface area contributed by atoms with Crippen LogP contribution in [0.1, 0.15) is 24.0 Å². The SMILES string of the molecule is O=C(C=Cc1ccc(N2CCCC2=O)cc1)NCCNc1ncccc1C(F)(F)F. The average molecular weight is 418 g/mol. The van der Waals surface area contributed by atoms with Crippen LogP contribution >= 0.6 is 0 Å². The van der Waals surface area contributed by atoms with Crippen molar-refractivity contribution in [1.29, 1.82) is 0 Å². The van der Waals surface area contributed by atoms with Crippen molar-refractivity contribution in [1.82, 2.24) is 10.3 Å². The molecule has 6 nitrogen and oxygen atoms in total. The monoisotopic (exact) mass is 418 g/mol. The summed E-state index contributed by atoms with van der Waals surface area (Å²) < 4.78 is 38.7. The summed E-state index contributed by atoms with van der Waals surface area (Å²) in [5.74, 6) is -0.529. The van der Waals surface area contributed by atoms with Gasteiger partial charge in [0.1, 0.15) is 5.82 Å². The minimum absolute atomic E-state index is 0.0955. The van der Waals surface area contributed by atoms with E-state index in [1.165, 1.54) is 18.3 Å². The highest BCUT2D eigenvalue weighted by Gasteiger charge is 2.33. The summed E-state index contributed by atoms with van der Waals surface area (Å²) >= 11 is 0.